The van der Waals surface area contributed by atoms with Crippen molar-refractivity contribution < 1.29 is 4.79 Å². The first-order chi connectivity index (χ1) is 11.0. The number of rotatable bonds is 5. The van der Waals surface area contributed by atoms with Crippen molar-refractivity contribution in [3.8, 4) is 0 Å². The van der Waals surface area contributed by atoms with Gasteiger partial charge in [-0.05, 0) is 20.3 Å². The first kappa shape index (κ1) is 17.7. The topological polar surface area (TPSA) is 69.6 Å². The number of guanidine groups is 1. The number of aromatic nitrogens is 1. The minimum atomic E-state index is 0.0601. The molecule has 1 aromatic rings. The number of nitrogens with one attached hydrogen (secondary N) is 2. The number of thiazole rings is 1. The summed E-state index contributed by atoms with van der Waals surface area (Å²) < 4.78 is 0. The number of aliphatic imine (C=N–C) groups is 1. The summed E-state index contributed by atoms with van der Waals surface area (Å²) in [6, 6.07) is 0.262. The third-order valence-corrected chi connectivity index (χ3v) is 4.82. The van der Waals surface area contributed by atoms with Crippen LogP contribution in [0, 0.1) is 12.8 Å². The van der Waals surface area contributed by atoms with Crippen LogP contribution in [0.1, 0.15) is 37.8 Å². The standard InChI is InChI=1S/C16H27N5OS/c1-5-17-16(18-8-14-12(4)19-10-23-14)20-13-6-7-21(9-13)15(22)11(2)3/h10-11,13H,5-9H2,1-4H3,(H2,17,18,20). The summed E-state index contributed by atoms with van der Waals surface area (Å²) in [4.78, 5) is 24.1. The minimum Gasteiger partial charge on any atom is -0.357 e. The molecule has 0 aromatic carbocycles. The molecule has 2 rings (SSSR count). The van der Waals surface area contributed by atoms with E-state index in [0.29, 0.717) is 6.54 Å². The van der Waals surface area contributed by atoms with Gasteiger partial charge in [0.1, 0.15) is 0 Å². The highest BCUT2D eigenvalue weighted by molar-refractivity contribution is 7.09. The number of carbonyl (C=O) groups is 1. The molecule has 6 nitrogen and oxygen atoms in total. The van der Waals surface area contributed by atoms with Crippen LogP contribution in [0.15, 0.2) is 10.5 Å². The molecule has 1 aliphatic rings. The molecule has 1 unspecified atom stereocenters. The Bertz CT molecular complexity index is 554. The van der Waals surface area contributed by atoms with Crippen molar-refractivity contribution >= 4 is 23.2 Å². The molecule has 0 spiro atoms. The second kappa shape index (κ2) is 8.29. The average molecular weight is 337 g/mol. The number of aryl methyl sites for hydroxylation is 1. The number of likely N-dealkylation sites (tertiary alicyclic amines) is 1. The largest absolute Gasteiger partial charge is 0.357 e. The Kier molecular flexibility index (Phi) is 6.38. The third-order valence-electron chi connectivity index (χ3n) is 3.90. The molecule has 128 valence electrons. The third kappa shape index (κ3) is 4.92. The lowest BCUT2D eigenvalue weighted by atomic mass is 10.2. The first-order valence-electron chi connectivity index (χ1n) is 8.23. The maximum absolute atomic E-state index is 12.1. The van der Waals surface area contributed by atoms with Crippen LogP contribution in [0.4, 0.5) is 0 Å². The number of hydrogen-bond donors (Lipinski definition) is 2. The zero-order chi connectivity index (χ0) is 16.8. The van der Waals surface area contributed by atoms with Gasteiger partial charge in [-0.1, -0.05) is 13.8 Å². The fourth-order valence-corrected chi connectivity index (χ4v) is 3.29. The normalized spacial score (nSPS) is 18.6. The Morgan fingerprint density at radius 1 is 1.57 bits per heavy atom. The van der Waals surface area contributed by atoms with Crippen LogP contribution in [-0.2, 0) is 11.3 Å². The molecular weight excluding hydrogens is 310 g/mol. The zero-order valence-corrected chi connectivity index (χ0v) is 15.2. The van der Waals surface area contributed by atoms with Crippen LogP contribution in [0.2, 0.25) is 0 Å². The molecule has 2 N–H and O–H groups in total. The van der Waals surface area contributed by atoms with Gasteiger partial charge in [0, 0.05) is 36.5 Å². The van der Waals surface area contributed by atoms with Gasteiger partial charge in [0.05, 0.1) is 17.7 Å². The van der Waals surface area contributed by atoms with Crippen molar-refractivity contribution in [2.75, 3.05) is 19.6 Å². The number of amides is 1. The van der Waals surface area contributed by atoms with Gasteiger partial charge in [-0.25, -0.2) is 9.98 Å². The van der Waals surface area contributed by atoms with E-state index in [1.807, 2.05) is 31.2 Å². The Labute approximate surface area is 142 Å². The Morgan fingerprint density at radius 2 is 2.35 bits per heavy atom. The lowest BCUT2D eigenvalue weighted by Gasteiger charge is -2.20. The molecule has 0 saturated carbocycles. The molecule has 1 fully saturated rings. The van der Waals surface area contributed by atoms with Crippen molar-refractivity contribution in [3.63, 3.8) is 0 Å². The lowest BCUT2D eigenvalue weighted by molar-refractivity contribution is -0.133. The van der Waals surface area contributed by atoms with Crippen LogP contribution >= 0.6 is 11.3 Å². The van der Waals surface area contributed by atoms with Gasteiger partial charge < -0.3 is 15.5 Å². The van der Waals surface area contributed by atoms with Crippen LogP contribution in [0.3, 0.4) is 0 Å². The van der Waals surface area contributed by atoms with Gasteiger partial charge in [0.15, 0.2) is 5.96 Å². The van der Waals surface area contributed by atoms with E-state index in [0.717, 1.165) is 37.7 Å². The molecular formula is C16H27N5OS. The van der Waals surface area contributed by atoms with Crippen molar-refractivity contribution in [3.05, 3.63) is 16.1 Å². The number of hydrogen-bond acceptors (Lipinski definition) is 4. The lowest BCUT2D eigenvalue weighted by Crippen LogP contribution is -2.45. The molecule has 1 saturated heterocycles. The van der Waals surface area contributed by atoms with Crippen molar-refractivity contribution in [2.24, 2.45) is 10.9 Å². The molecule has 23 heavy (non-hydrogen) atoms. The van der Waals surface area contributed by atoms with Gasteiger partial charge in [0.25, 0.3) is 0 Å². The number of carbonyl (C=O) groups excluding carboxylic acids is 1. The molecule has 2 heterocycles. The second-order valence-corrected chi connectivity index (χ2v) is 7.06. The monoisotopic (exact) mass is 337 g/mol. The Balaban J connectivity index is 1.92. The molecule has 1 aromatic heterocycles. The molecule has 1 atom stereocenters. The summed E-state index contributed by atoms with van der Waals surface area (Å²) >= 11 is 1.63. The summed E-state index contributed by atoms with van der Waals surface area (Å²) in [6.45, 7) is 11.0. The highest BCUT2D eigenvalue weighted by atomic mass is 32.1. The van der Waals surface area contributed by atoms with E-state index < -0.39 is 0 Å². The van der Waals surface area contributed by atoms with E-state index in [1.54, 1.807) is 11.3 Å². The molecule has 1 amide bonds. The van der Waals surface area contributed by atoms with E-state index in [1.165, 1.54) is 4.88 Å². The van der Waals surface area contributed by atoms with Gasteiger partial charge in [-0.2, -0.15) is 0 Å². The average Bonchev–Trinajstić information content (AvgIpc) is 3.13. The second-order valence-electron chi connectivity index (χ2n) is 6.13. The smallest absolute Gasteiger partial charge is 0.225 e. The maximum atomic E-state index is 12.1. The van der Waals surface area contributed by atoms with E-state index in [2.05, 4.69) is 27.5 Å². The van der Waals surface area contributed by atoms with Gasteiger partial charge in [0.2, 0.25) is 5.91 Å². The van der Waals surface area contributed by atoms with E-state index in [9.17, 15) is 4.79 Å². The van der Waals surface area contributed by atoms with Crippen molar-refractivity contribution in [2.45, 2.75) is 46.7 Å². The van der Waals surface area contributed by atoms with Gasteiger partial charge in [-0.3, -0.25) is 4.79 Å². The molecule has 7 heteroatoms. The quantitative estimate of drug-likeness (QED) is 0.634. The zero-order valence-electron chi connectivity index (χ0n) is 14.4. The molecule has 0 bridgehead atoms. The summed E-state index contributed by atoms with van der Waals surface area (Å²) in [5, 5.41) is 6.73. The van der Waals surface area contributed by atoms with Crippen LogP contribution < -0.4 is 10.6 Å². The SMILES string of the molecule is CCNC(=NCc1scnc1C)NC1CCN(C(=O)C(C)C)C1. The molecule has 1 aliphatic heterocycles. The first-order valence-corrected chi connectivity index (χ1v) is 9.11. The Morgan fingerprint density at radius 3 is 2.96 bits per heavy atom. The van der Waals surface area contributed by atoms with Crippen LogP contribution in [0.5, 0.6) is 0 Å². The fourth-order valence-electron chi connectivity index (χ4n) is 2.59. The highest BCUT2D eigenvalue weighted by Gasteiger charge is 2.27. The molecule has 0 radical (unpaired) electrons. The van der Waals surface area contributed by atoms with E-state index in [-0.39, 0.29) is 17.9 Å². The van der Waals surface area contributed by atoms with Crippen molar-refractivity contribution in [1.82, 2.24) is 20.5 Å². The summed E-state index contributed by atoms with van der Waals surface area (Å²) in [5.41, 5.74) is 2.90. The number of nitrogens with zero attached hydrogens (tertiary/aromatic N) is 3. The summed E-state index contributed by atoms with van der Waals surface area (Å²) in [7, 11) is 0. The van der Waals surface area contributed by atoms with Crippen molar-refractivity contribution in [1.29, 1.82) is 0 Å². The van der Waals surface area contributed by atoms with Gasteiger partial charge in [-0.15, -0.1) is 11.3 Å². The summed E-state index contributed by atoms with van der Waals surface area (Å²) in [5.74, 6) is 1.10. The van der Waals surface area contributed by atoms with Crippen LogP contribution in [0.25, 0.3) is 0 Å². The molecule has 0 aliphatic carbocycles. The fraction of sp³-hybridized carbons (Fsp3) is 0.688. The van der Waals surface area contributed by atoms with E-state index in [4.69, 9.17) is 0 Å². The van der Waals surface area contributed by atoms with Crippen LogP contribution in [-0.4, -0.2) is 47.4 Å². The minimum absolute atomic E-state index is 0.0601. The highest BCUT2D eigenvalue weighted by Crippen LogP contribution is 2.14. The summed E-state index contributed by atoms with van der Waals surface area (Å²) in [6.07, 6.45) is 0.961. The van der Waals surface area contributed by atoms with Gasteiger partial charge >= 0.3 is 0 Å². The maximum Gasteiger partial charge on any atom is 0.225 e. The Hall–Kier alpha value is -1.63. The predicted molar refractivity (Wildman–Crippen MR) is 94.6 cm³/mol. The van der Waals surface area contributed by atoms with E-state index >= 15 is 0 Å². The predicted octanol–water partition coefficient (Wildman–Crippen LogP) is 1.76.